The smallest absolute Gasteiger partial charge is 0.0840 e. The molecule has 0 aromatic rings. The van der Waals surface area contributed by atoms with Crippen LogP contribution in [0, 0.1) is 0 Å². The molecule has 0 amide bonds. The third-order valence-corrected chi connectivity index (χ3v) is 7.25. The molecule has 0 unspecified atom stereocenters. The van der Waals surface area contributed by atoms with Gasteiger partial charge in [0.1, 0.15) is 0 Å². The van der Waals surface area contributed by atoms with Gasteiger partial charge in [-0.05, 0) is 33.1 Å². The van der Waals surface area contributed by atoms with Crippen molar-refractivity contribution in [3.63, 3.8) is 0 Å². The molecule has 0 rings (SSSR count). The van der Waals surface area contributed by atoms with Gasteiger partial charge in [-0.15, -0.1) is 0 Å². The van der Waals surface area contributed by atoms with Crippen LogP contribution in [-0.4, -0.2) is 127 Å². The standard InChI is InChI=1S/C15H36N2.C14H34N2.4CH4.2BrH.2ClH/c1-7-8-9-10-11-14-17(5,6)15-12-13-16(2,3)4;1-7-10-13-16(8-2,9-3)14-11-12-15(4,5)6;;;;;;;;/h7-15H2,1-6H3;7-14H2,1-6H3;4*1H4;4*1H/q2*+2;;;;;;;;/p-4. The second-order valence-electron chi connectivity index (χ2n) is 13.3. The molecule has 4 nitrogen and oxygen atoms in total. The van der Waals surface area contributed by atoms with Crippen molar-refractivity contribution in [3.05, 3.63) is 0 Å². The molecule has 8 heteroatoms. The molecule has 0 atom stereocenters. The zero-order valence-corrected chi connectivity index (χ0v) is 32.0. The van der Waals surface area contributed by atoms with Crippen molar-refractivity contribution in [1.29, 1.82) is 0 Å². The van der Waals surface area contributed by atoms with Gasteiger partial charge in [-0.1, -0.05) is 69.2 Å². The topological polar surface area (TPSA) is 0 Å². The first-order chi connectivity index (χ1) is 15.2. The van der Waals surface area contributed by atoms with Crippen molar-refractivity contribution in [2.45, 2.75) is 115 Å². The minimum absolute atomic E-state index is 0. The molecule has 0 saturated heterocycles. The predicted molar refractivity (Wildman–Crippen MR) is 179 cm³/mol. The van der Waals surface area contributed by atoms with Crippen molar-refractivity contribution in [2.24, 2.45) is 0 Å². The molecule has 0 spiro atoms. The molecule has 0 bridgehead atoms. The Balaban J connectivity index is -0.0000000491. The Morgan fingerprint density at radius 2 is 0.683 bits per heavy atom. The summed E-state index contributed by atoms with van der Waals surface area (Å²) in [5.74, 6) is 0. The summed E-state index contributed by atoms with van der Waals surface area (Å²) in [6.45, 7) is 19.9. The van der Waals surface area contributed by atoms with E-state index in [0.717, 1.165) is 8.97 Å². The number of halogens is 4. The molecular formula is C33H86Br2Cl2N4. The van der Waals surface area contributed by atoms with E-state index in [-0.39, 0.29) is 88.5 Å². The highest BCUT2D eigenvalue weighted by Gasteiger charge is 2.23. The highest BCUT2D eigenvalue weighted by Crippen LogP contribution is 2.11. The minimum Gasteiger partial charge on any atom is -1.00 e. The number of hydrogen-bond donors (Lipinski definition) is 0. The van der Waals surface area contributed by atoms with Gasteiger partial charge in [-0.2, -0.15) is 0 Å². The molecule has 0 aliphatic carbocycles. The van der Waals surface area contributed by atoms with E-state index in [9.17, 15) is 0 Å². The van der Waals surface area contributed by atoms with Gasteiger partial charge in [0.25, 0.3) is 0 Å². The van der Waals surface area contributed by atoms with Crippen LogP contribution >= 0.6 is 0 Å². The van der Waals surface area contributed by atoms with Gasteiger partial charge in [-0.25, -0.2) is 0 Å². The van der Waals surface area contributed by atoms with Crippen molar-refractivity contribution in [3.8, 4) is 0 Å². The largest absolute Gasteiger partial charge is 1.00 e. The Kier molecular flexibility index (Phi) is 63.4. The molecule has 0 aromatic carbocycles. The zero-order chi connectivity index (χ0) is 26.0. The maximum atomic E-state index is 2.38. The van der Waals surface area contributed by atoms with Gasteiger partial charge in [0, 0.05) is 12.8 Å². The number of quaternary nitrogens is 4. The van der Waals surface area contributed by atoms with Crippen molar-refractivity contribution in [1.82, 2.24) is 0 Å². The van der Waals surface area contributed by atoms with Crippen LogP contribution in [0.1, 0.15) is 115 Å². The SMILES string of the molecule is C.C.C.C.CCCCCCC[N+](C)(C)CCC[N+](C)(C)C.CCCC[N+](CC)(CC)CCC[N+](C)(C)C.[Br-].[Br-].[Cl-].[Cl-]. The second-order valence-corrected chi connectivity index (χ2v) is 13.3. The molecule has 0 radical (unpaired) electrons. The van der Waals surface area contributed by atoms with Gasteiger partial charge in [0.2, 0.25) is 0 Å². The zero-order valence-electron chi connectivity index (χ0n) is 27.3. The molecule has 41 heavy (non-hydrogen) atoms. The molecule has 0 saturated carbocycles. The van der Waals surface area contributed by atoms with Crippen LogP contribution < -0.4 is 58.8 Å². The number of nitrogens with zero attached hydrogens (tertiary/aromatic N) is 4. The molecule has 0 aliphatic rings. The van der Waals surface area contributed by atoms with E-state index < -0.39 is 0 Å². The lowest BCUT2D eigenvalue weighted by Gasteiger charge is -2.37. The Labute approximate surface area is 299 Å². The van der Waals surface area contributed by atoms with Crippen molar-refractivity contribution >= 4 is 0 Å². The minimum atomic E-state index is 0. The average molecular weight is 770 g/mol. The molecule has 0 heterocycles. The van der Waals surface area contributed by atoms with E-state index in [1.165, 1.54) is 119 Å². The van der Waals surface area contributed by atoms with Gasteiger partial charge in [0.15, 0.2) is 0 Å². The summed E-state index contributed by atoms with van der Waals surface area (Å²) in [7, 11) is 18.5. The molecule has 0 fully saturated rings. The fourth-order valence-electron chi connectivity index (χ4n) is 4.57. The predicted octanol–water partition coefficient (Wildman–Crippen LogP) is -3.57. The number of unbranched alkanes of at least 4 members (excludes halogenated alkanes) is 5. The average Bonchev–Trinajstić information content (AvgIpc) is 2.69. The molecular weight excluding hydrogens is 683 g/mol. The number of hydrogen-bond acceptors (Lipinski definition) is 0. The number of rotatable bonds is 19. The van der Waals surface area contributed by atoms with Crippen LogP contribution in [0.5, 0.6) is 0 Å². The lowest BCUT2D eigenvalue weighted by atomic mass is 10.1. The fraction of sp³-hybridized carbons (Fsp3) is 1.00. The van der Waals surface area contributed by atoms with Crippen LogP contribution in [0.15, 0.2) is 0 Å². The summed E-state index contributed by atoms with van der Waals surface area (Å²) in [5.41, 5.74) is 0. The Hall–Kier alpha value is 1.38. The van der Waals surface area contributed by atoms with E-state index in [1.807, 2.05) is 0 Å². The first-order valence-corrected chi connectivity index (χ1v) is 14.4. The first kappa shape index (κ1) is 69.2. The maximum Gasteiger partial charge on any atom is 0.0840 e. The molecule has 0 aromatic heterocycles. The van der Waals surface area contributed by atoms with Crippen LogP contribution in [0.3, 0.4) is 0 Å². The van der Waals surface area contributed by atoms with Crippen LogP contribution in [0.2, 0.25) is 0 Å². The third-order valence-electron chi connectivity index (χ3n) is 7.25. The molecule has 0 aliphatic heterocycles. The summed E-state index contributed by atoms with van der Waals surface area (Å²) in [4.78, 5) is 0. The Bertz CT molecular complexity index is 451. The van der Waals surface area contributed by atoms with Crippen molar-refractivity contribution < 1.29 is 76.7 Å². The van der Waals surface area contributed by atoms with E-state index >= 15 is 0 Å². The van der Waals surface area contributed by atoms with Crippen molar-refractivity contribution in [2.75, 3.05) is 109 Å². The van der Waals surface area contributed by atoms with E-state index in [2.05, 4.69) is 84.1 Å². The fourth-order valence-corrected chi connectivity index (χ4v) is 4.57. The first-order valence-electron chi connectivity index (χ1n) is 14.4. The Morgan fingerprint density at radius 1 is 0.366 bits per heavy atom. The highest BCUT2D eigenvalue weighted by molar-refractivity contribution is 4.45. The van der Waals surface area contributed by atoms with E-state index in [1.54, 1.807) is 0 Å². The van der Waals surface area contributed by atoms with Crippen LogP contribution in [-0.2, 0) is 0 Å². The second kappa shape index (κ2) is 37.6. The van der Waals surface area contributed by atoms with Gasteiger partial charge in [0.05, 0.1) is 109 Å². The van der Waals surface area contributed by atoms with Crippen LogP contribution in [0.25, 0.3) is 0 Å². The van der Waals surface area contributed by atoms with Gasteiger partial charge >= 0.3 is 0 Å². The summed E-state index contributed by atoms with van der Waals surface area (Å²) in [6, 6.07) is 0. The van der Waals surface area contributed by atoms with Gasteiger partial charge < -0.3 is 76.7 Å². The lowest BCUT2D eigenvalue weighted by Crippen LogP contribution is -3.00. The summed E-state index contributed by atoms with van der Waals surface area (Å²) in [6.07, 6.45) is 12.4. The highest BCUT2D eigenvalue weighted by atomic mass is 79.9. The molecule has 0 N–H and O–H groups in total. The summed E-state index contributed by atoms with van der Waals surface area (Å²) < 4.78 is 4.72. The van der Waals surface area contributed by atoms with Gasteiger partial charge in [-0.3, -0.25) is 0 Å². The summed E-state index contributed by atoms with van der Waals surface area (Å²) >= 11 is 0. The van der Waals surface area contributed by atoms with E-state index in [4.69, 9.17) is 0 Å². The lowest BCUT2D eigenvalue weighted by molar-refractivity contribution is -0.930. The summed E-state index contributed by atoms with van der Waals surface area (Å²) in [5, 5.41) is 0. The maximum absolute atomic E-state index is 2.38. The van der Waals surface area contributed by atoms with E-state index in [0.29, 0.717) is 0 Å². The molecule has 266 valence electrons. The Morgan fingerprint density at radius 3 is 1.02 bits per heavy atom. The van der Waals surface area contributed by atoms with Crippen LogP contribution in [0.4, 0.5) is 0 Å². The monoisotopic (exact) mass is 766 g/mol. The normalized spacial score (nSPS) is 10.5. The quantitative estimate of drug-likeness (QED) is 0.0945. The third kappa shape index (κ3) is 48.5.